The zero-order valence-corrected chi connectivity index (χ0v) is 39.4. The molecule has 4 aromatic rings. The summed E-state index contributed by atoms with van der Waals surface area (Å²) in [7, 11) is 0. The quantitative estimate of drug-likeness (QED) is 0.142. The fourth-order valence-corrected chi connectivity index (χ4v) is 6.40. The van der Waals surface area contributed by atoms with Crippen LogP contribution in [-0.2, 0) is 47.3 Å². The van der Waals surface area contributed by atoms with E-state index in [9.17, 15) is 17.6 Å². The Balaban J connectivity index is 0.000000374. The summed E-state index contributed by atoms with van der Waals surface area (Å²) in [4.78, 5) is 0. The molecule has 0 aliphatic carbocycles. The zero-order valence-electron chi connectivity index (χ0n) is 37.1. The highest BCUT2D eigenvalue weighted by Crippen LogP contribution is 2.33. The van der Waals surface area contributed by atoms with Crippen molar-refractivity contribution in [3.63, 3.8) is 0 Å². The van der Waals surface area contributed by atoms with Crippen LogP contribution >= 0.6 is 34.8 Å². The minimum absolute atomic E-state index is 0.00648. The second-order valence-corrected chi connectivity index (χ2v) is 19.7. The minimum Gasteiger partial charge on any atom is -0.206 e. The summed E-state index contributed by atoms with van der Waals surface area (Å²) in [6.45, 7) is 34.7. The summed E-state index contributed by atoms with van der Waals surface area (Å²) in [5.74, 6) is -0.700. The van der Waals surface area contributed by atoms with E-state index in [0.717, 1.165) is 47.1 Å². The van der Waals surface area contributed by atoms with Gasteiger partial charge in [-0.15, -0.1) is 0 Å². The zero-order chi connectivity index (χ0) is 43.7. The van der Waals surface area contributed by atoms with E-state index in [0.29, 0.717) is 22.6 Å². The minimum atomic E-state index is -0.376. The fraction of sp³-hybridized carbons (Fsp3) is 0.510. The van der Waals surface area contributed by atoms with Gasteiger partial charge in [0.05, 0.1) is 10.0 Å². The predicted molar refractivity (Wildman–Crippen MR) is 238 cm³/mol. The third kappa shape index (κ3) is 15.0. The first-order valence-corrected chi connectivity index (χ1v) is 20.8. The van der Waals surface area contributed by atoms with Gasteiger partial charge in [-0.2, -0.15) is 0 Å². The summed E-state index contributed by atoms with van der Waals surface area (Å²) >= 11 is 17.3. The molecular formula is C49H67Cl3F4. The molecule has 0 saturated carbocycles. The highest BCUT2D eigenvalue weighted by atomic mass is 35.5. The lowest BCUT2D eigenvalue weighted by molar-refractivity contribution is 0.523. The van der Waals surface area contributed by atoms with Gasteiger partial charge in [0.15, 0.2) is 0 Å². The second-order valence-electron chi connectivity index (χ2n) is 18.5. The van der Waals surface area contributed by atoms with Gasteiger partial charge >= 0.3 is 0 Å². The molecule has 0 aromatic heterocycles. The number of aryl methyl sites for hydroxylation is 5. The predicted octanol–water partition coefficient (Wildman–Crippen LogP) is 17.0. The molecule has 312 valence electrons. The fourth-order valence-electron chi connectivity index (χ4n) is 5.67. The number of halogens is 7. The van der Waals surface area contributed by atoms with Crippen molar-refractivity contribution >= 4 is 34.8 Å². The van der Waals surface area contributed by atoms with Crippen LogP contribution in [0.5, 0.6) is 0 Å². The van der Waals surface area contributed by atoms with Crippen molar-refractivity contribution in [1.82, 2.24) is 0 Å². The molecule has 0 heterocycles. The van der Waals surface area contributed by atoms with Gasteiger partial charge in [0, 0.05) is 5.02 Å². The maximum Gasteiger partial charge on any atom is 0.145 e. The van der Waals surface area contributed by atoms with E-state index in [2.05, 4.69) is 62.3 Å². The lowest BCUT2D eigenvalue weighted by Crippen LogP contribution is -2.13. The average molecular weight is 838 g/mol. The van der Waals surface area contributed by atoms with Crippen molar-refractivity contribution in [2.24, 2.45) is 0 Å². The van der Waals surface area contributed by atoms with Crippen LogP contribution in [-0.4, -0.2) is 0 Å². The van der Waals surface area contributed by atoms with Crippen LogP contribution in [0.3, 0.4) is 0 Å². The van der Waals surface area contributed by atoms with Crippen LogP contribution in [0.25, 0.3) is 0 Å². The van der Waals surface area contributed by atoms with Crippen LogP contribution in [0.15, 0.2) is 48.5 Å². The SMILES string of the molecule is CC(C)(C)c1cc(Cl)cc(Cl)c1F.CCc1cc(C(C)(C)C)cc(C)c1F.CCc1cc(C(C)(C)C)cc(CC)c1F.CCc1cc(C(C)(C)C)cc(Cl)c1F. The van der Waals surface area contributed by atoms with Crippen LogP contribution in [0, 0.1) is 30.2 Å². The van der Waals surface area contributed by atoms with Crippen molar-refractivity contribution in [2.75, 3.05) is 0 Å². The highest BCUT2D eigenvalue weighted by molar-refractivity contribution is 6.34. The Morgan fingerprint density at radius 3 is 1.07 bits per heavy atom. The first-order chi connectivity index (χ1) is 25.4. The van der Waals surface area contributed by atoms with Gasteiger partial charge in [0.1, 0.15) is 23.3 Å². The molecule has 0 bridgehead atoms. The molecule has 0 amide bonds. The van der Waals surface area contributed by atoms with E-state index in [-0.39, 0.29) is 55.0 Å². The molecule has 0 saturated heterocycles. The van der Waals surface area contributed by atoms with Gasteiger partial charge in [0.2, 0.25) is 0 Å². The largest absolute Gasteiger partial charge is 0.206 e. The Hall–Kier alpha value is -2.53. The van der Waals surface area contributed by atoms with Crippen molar-refractivity contribution in [3.05, 3.63) is 137 Å². The topological polar surface area (TPSA) is 0 Å². The second kappa shape index (κ2) is 20.9. The summed E-state index contributed by atoms with van der Waals surface area (Å²) in [5, 5.41) is 0.781. The molecule has 0 spiro atoms. The van der Waals surface area contributed by atoms with Gasteiger partial charge in [-0.3, -0.25) is 0 Å². The molecule has 4 aromatic carbocycles. The molecule has 0 radical (unpaired) electrons. The summed E-state index contributed by atoms with van der Waals surface area (Å²) < 4.78 is 54.3. The van der Waals surface area contributed by atoms with Crippen molar-refractivity contribution < 1.29 is 17.6 Å². The monoisotopic (exact) mass is 836 g/mol. The van der Waals surface area contributed by atoms with Gasteiger partial charge in [-0.1, -0.05) is 176 Å². The Kier molecular flexibility index (Phi) is 19.3. The molecule has 0 N–H and O–H groups in total. The molecule has 0 aliphatic heterocycles. The lowest BCUT2D eigenvalue weighted by Gasteiger charge is -2.21. The molecule has 0 atom stereocenters. The summed E-state index contributed by atoms with van der Waals surface area (Å²) in [6, 6.07) is 14.6. The third-order valence-corrected chi connectivity index (χ3v) is 10.3. The maximum atomic E-state index is 13.8. The number of rotatable bonds is 4. The van der Waals surface area contributed by atoms with Crippen LogP contribution < -0.4 is 0 Å². The van der Waals surface area contributed by atoms with Crippen LogP contribution in [0.1, 0.15) is 161 Å². The Morgan fingerprint density at radius 1 is 0.393 bits per heavy atom. The van der Waals surface area contributed by atoms with E-state index in [1.54, 1.807) is 12.1 Å². The number of hydrogen-bond acceptors (Lipinski definition) is 0. The van der Waals surface area contributed by atoms with Gasteiger partial charge in [-0.05, 0) is 123 Å². The first-order valence-electron chi connectivity index (χ1n) is 19.7. The lowest BCUT2D eigenvalue weighted by atomic mass is 9.84. The first kappa shape index (κ1) is 51.5. The third-order valence-electron chi connectivity index (χ3n) is 9.58. The van der Waals surface area contributed by atoms with E-state index in [1.807, 2.05) is 85.7 Å². The smallest absolute Gasteiger partial charge is 0.145 e. The normalized spacial score (nSPS) is 11.9. The molecular weight excluding hydrogens is 771 g/mol. The van der Waals surface area contributed by atoms with E-state index < -0.39 is 0 Å². The molecule has 4 rings (SSSR count). The average Bonchev–Trinajstić information content (AvgIpc) is 3.07. The molecule has 0 unspecified atom stereocenters. The molecule has 56 heavy (non-hydrogen) atoms. The van der Waals surface area contributed by atoms with Gasteiger partial charge in [0.25, 0.3) is 0 Å². The number of hydrogen-bond donors (Lipinski definition) is 0. The van der Waals surface area contributed by atoms with Crippen molar-refractivity contribution in [2.45, 2.75) is 165 Å². The summed E-state index contributed by atoms with van der Waals surface area (Å²) in [6.07, 6.45) is 2.97. The van der Waals surface area contributed by atoms with Crippen LogP contribution in [0.4, 0.5) is 17.6 Å². The highest BCUT2D eigenvalue weighted by Gasteiger charge is 2.22. The van der Waals surface area contributed by atoms with E-state index in [1.165, 1.54) is 17.2 Å². The Morgan fingerprint density at radius 2 is 0.714 bits per heavy atom. The summed E-state index contributed by atoms with van der Waals surface area (Å²) in [5.41, 5.74) is 7.99. The van der Waals surface area contributed by atoms with Gasteiger partial charge in [-0.25, -0.2) is 17.6 Å². The molecule has 0 fully saturated rings. The van der Waals surface area contributed by atoms with Gasteiger partial charge < -0.3 is 0 Å². The Bertz CT molecular complexity index is 1810. The maximum absolute atomic E-state index is 13.8. The van der Waals surface area contributed by atoms with Crippen molar-refractivity contribution in [1.29, 1.82) is 0 Å². The van der Waals surface area contributed by atoms with E-state index >= 15 is 0 Å². The van der Waals surface area contributed by atoms with E-state index in [4.69, 9.17) is 34.8 Å². The standard InChI is InChI=1S/C14H21F.C13H19F.C12H16ClF.C10H11Cl2F/c1-6-10-8-12(14(3,4)5)9-11(7-2)13(10)15;1-6-10-8-11(13(3,4)5)7-9(2)12(10)14;1-5-8-6-9(12(2,3)4)7-10(13)11(8)14;1-10(2,3)7-4-6(11)5-8(12)9(7)13/h8-9H,6-7H2,1-5H3;7-8H,6H2,1-5H3;6-7H,5H2,1-4H3;4-5H,1-3H3. The molecule has 0 nitrogen and oxygen atoms in total. The molecule has 7 heteroatoms. The Labute approximate surface area is 352 Å². The van der Waals surface area contributed by atoms with Crippen molar-refractivity contribution in [3.8, 4) is 0 Å². The number of benzene rings is 4. The van der Waals surface area contributed by atoms with Crippen LogP contribution in [0.2, 0.25) is 15.1 Å². The molecule has 0 aliphatic rings.